The molecule has 9 heteroatoms. The fourth-order valence-corrected chi connectivity index (χ4v) is 5.93. The van der Waals surface area contributed by atoms with Gasteiger partial charge in [0.15, 0.2) is 5.13 Å². The summed E-state index contributed by atoms with van der Waals surface area (Å²) in [6, 6.07) is 31.7. The monoisotopic (exact) mass is 632 g/mol. The van der Waals surface area contributed by atoms with E-state index in [2.05, 4.69) is 20.9 Å². The first kappa shape index (κ1) is 31.4. The van der Waals surface area contributed by atoms with Gasteiger partial charge in [0.25, 0.3) is 11.8 Å². The van der Waals surface area contributed by atoms with Gasteiger partial charge in [0.05, 0.1) is 10.9 Å². The minimum atomic E-state index is -0.456. The SMILES string of the molecule is Cc1ccc(-c2csc(NC(=O)C(C)Sc3ccc(NC(=O)/C(=C/c4cccc(C)c4)NC(=O)c4ccccc4)cc3)n2)cc1. The lowest BCUT2D eigenvalue weighted by atomic mass is 10.1. The van der Waals surface area contributed by atoms with E-state index in [1.165, 1.54) is 28.7 Å². The van der Waals surface area contributed by atoms with E-state index in [9.17, 15) is 14.4 Å². The van der Waals surface area contributed by atoms with Crippen molar-refractivity contribution in [3.63, 3.8) is 0 Å². The molecule has 7 nitrogen and oxygen atoms in total. The lowest BCUT2D eigenvalue weighted by molar-refractivity contribution is -0.115. The van der Waals surface area contributed by atoms with Crippen molar-refractivity contribution in [3.05, 3.63) is 136 Å². The number of carbonyl (C=O) groups excluding carboxylic acids is 3. The molecule has 0 radical (unpaired) electrons. The molecule has 0 bridgehead atoms. The number of thiazole rings is 1. The van der Waals surface area contributed by atoms with Crippen LogP contribution in [0.4, 0.5) is 10.8 Å². The van der Waals surface area contributed by atoms with Gasteiger partial charge in [-0.2, -0.15) is 0 Å². The average Bonchev–Trinajstić information content (AvgIpc) is 3.50. The molecule has 0 spiro atoms. The number of amides is 3. The second kappa shape index (κ2) is 14.7. The van der Waals surface area contributed by atoms with Crippen LogP contribution in [-0.2, 0) is 9.59 Å². The van der Waals surface area contributed by atoms with Gasteiger partial charge in [0.1, 0.15) is 5.70 Å². The standard InChI is InChI=1S/C36H32N4O3S2/c1-23-12-14-27(15-13-23)32-22-44-36(39-32)40-33(41)25(3)45-30-18-16-29(17-19-30)37-35(43)31(21-26-9-7-8-24(2)20-26)38-34(42)28-10-5-4-6-11-28/h4-22,25H,1-3H3,(H,37,43)(H,38,42)(H,39,40,41)/b31-21-. The molecule has 0 aliphatic rings. The second-order valence-electron chi connectivity index (χ2n) is 10.4. The van der Waals surface area contributed by atoms with E-state index in [-0.39, 0.29) is 22.8 Å². The molecule has 1 atom stereocenters. The number of carbonyl (C=O) groups is 3. The third-order valence-corrected chi connectivity index (χ3v) is 8.63. The van der Waals surface area contributed by atoms with Crippen LogP contribution in [0.5, 0.6) is 0 Å². The summed E-state index contributed by atoms with van der Waals surface area (Å²) >= 11 is 2.79. The predicted octanol–water partition coefficient (Wildman–Crippen LogP) is 7.96. The van der Waals surface area contributed by atoms with Crippen LogP contribution < -0.4 is 16.0 Å². The Morgan fingerprint density at radius 1 is 0.822 bits per heavy atom. The van der Waals surface area contributed by atoms with E-state index in [4.69, 9.17) is 0 Å². The van der Waals surface area contributed by atoms with E-state index in [0.29, 0.717) is 16.4 Å². The molecule has 0 aliphatic carbocycles. The van der Waals surface area contributed by atoms with Crippen molar-refractivity contribution in [2.45, 2.75) is 30.9 Å². The molecule has 1 aromatic heterocycles. The van der Waals surface area contributed by atoms with E-state index in [1.54, 1.807) is 42.5 Å². The highest BCUT2D eigenvalue weighted by atomic mass is 32.2. The first-order chi connectivity index (χ1) is 21.7. The summed E-state index contributed by atoms with van der Waals surface area (Å²) in [4.78, 5) is 44.6. The van der Waals surface area contributed by atoms with Gasteiger partial charge in [-0.1, -0.05) is 77.9 Å². The van der Waals surface area contributed by atoms with Crippen LogP contribution in [0, 0.1) is 13.8 Å². The maximum absolute atomic E-state index is 13.3. The Kier molecular flexibility index (Phi) is 10.2. The first-order valence-corrected chi connectivity index (χ1v) is 16.1. The maximum atomic E-state index is 13.3. The van der Waals surface area contributed by atoms with Crippen molar-refractivity contribution in [1.29, 1.82) is 0 Å². The number of nitrogens with zero attached hydrogens (tertiary/aromatic N) is 1. The number of hydrogen-bond donors (Lipinski definition) is 3. The smallest absolute Gasteiger partial charge is 0.272 e. The summed E-state index contributed by atoms with van der Waals surface area (Å²) in [5.74, 6) is -0.988. The molecule has 5 rings (SSSR count). The molecule has 1 heterocycles. The van der Waals surface area contributed by atoms with Gasteiger partial charge in [0, 0.05) is 27.1 Å². The number of anilines is 2. The van der Waals surface area contributed by atoms with Gasteiger partial charge in [-0.15, -0.1) is 23.1 Å². The molecule has 0 saturated carbocycles. The van der Waals surface area contributed by atoms with E-state index >= 15 is 0 Å². The molecule has 0 fully saturated rings. The lowest BCUT2D eigenvalue weighted by Crippen LogP contribution is -2.30. The zero-order chi connectivity index (χ0) is 31.8. The third-order valence-electron chi connectivity index (χ3n) is 6.76. The number of aromatic nitrogens is 1. The minimum absolute atomic E-state index is 0.117. The highest BCUT2D eigenvalue weighted by Crippen LogP contribution is 2.28. The zero-order valence-corrected chi connectivity index (χ0v) is 26.7. The zero-order valence-electron chi connectivity index (χ0n) is 25.0. The average molecular weight is 633 g/mol. The Bertz CT molecular complexity index is 1830. The van der Waals surface area contributed by atoms with Crippen molar-refractivity contribution in [3.8, 4) is 11.3 Å². The lowest BCUT2D eigenvalue weighted by Gasteiger charge is -2.13. The highest BCUT2D eigenvalue weighted by Gasteiger charge is 2.18. The predicted molar refractivity (Wildman–Crippen MR) is 184 cm³/mol. The molecule has 0 saturated heterocycles. The Balaban J connectivity index is 1.21. The summed E-state index contributed by atoms with van der Waals surface area (Å²) in [6.45, 7) is 5.84. The van der Waals surface area contributed by atoms with Crippen molar-refractivity contribution in [1.82, 2.24) is 10.3 Å². The summed E-state index contributed by atoms with van der Waals surface area (Å²) < 4.78 is 0. The molecule has 3 N–H and O–H groups in total. The molecular formula is C36H32N4O3S2. The molecule has 3 amide bonds. The van der Waals surface area contributed by atoms with Gasteiger partial charge >= 0.3 is 0 Å². The summed E-state index contributed by atoms with van der Waals surface area (Å²) in [5.41, 5.74) is 5.94. The van der Waals surface area contributed by atoms with Crippen LogP contribution in [0.25, 0.3) is 17.3 Å². The van der Waals surface area contributed by atoms with Crippen molar-refractivity contribution >= 4 is 57.7 Å². The normalized spacial score (nSPS) is 11.8. The van der Waals surface area contributed by atoms with Crippen LogP contribution in [0.15, 0.2) is 119 Å². The Hall–Kier alpha value is -4.99. The van der Waals surface area contributed by atoms with Gasteiger partial charge in [-0.25, -0.2) is 4.98 Å². The van der Waals surface area contributed by atoms with E-state index in [0.717, 1.165) is 27.3 Å². The summed E-state index contributed by atoms with van der Waals surface area (Å²) in [5, 5.41) is 10.6. The van der Waals surface area contributed by atoms with Crippen LogP contribution >= 0.6 is 23.1 Å². The molecule has 1 unspecified atom stereocenters. The topological polar surface area (TPSA) is 100 Å². The van der Waals surface area contributed by atoms with Gasteiger partial charge < -0.3 is 16.0 Å². The van der Waals surface area contributed by atoms with Crippen LogP contribution in [0.3, 0.4) is 0 Å². The second-order valence-corrected chi connectivity index (χ2v) is 12.7. The molecule has 0 aliphatic heterocycles. The number of benzene rings is 4. The molecule has 4 aromatic carbocycles. The van der Waals surface area contributed by atoms with Crippen LogP contribution in [0.1, 0.15) is 34.0 Å². The van der Waals surface area contributed by atoms with Gasteiger partial charge in [0.2, 0.25) is 5.91 Å². The summed E-state index contributed by atoms with van der Waals surface area (Å²) in [7, 11) is 0. The van der Waals surface area contributed by atoms with Crippen LogP contribution in [-0.4, -0.2) is 28.0 Å². The van der Waals surface area contributed by atoms with Gasteiger partial charge in [-0.3, -0.25) is 14.4 Å². The fraction of sp³-hybridized carbons (Fsp3) is 0.111. The Labute approximate surface area is 270 Å². The maximum Gasteiger partial charge on any atom is 0.272 e. The molecule has 226 valence electrons. The number of thioether (sulfide) groups is 1. The number of nitrogens with one attached hydrogen (secondary N) is 3. The molecule has 5 aromatic rings. The van der Waals surface area contributed by atoms with Crippen molar-refractivity contribution in [2.75, 3.05) is 10.6 Å². The number of rotatable bonds is 10. The van der Waals surface area contributed by atoms with Crippen LogP contribution in [0.2, 0.25) is 0 Å². The Morgan fingerprint density at radius 3 is 2.27 bits per heavy atom. The minimum Gasteiger partial charge on any atom is -0.321 e. The highest BCUT2D eigenvalue weighted by molar-refractivity contribution is 8.00. The quantitative estimate of drug-likeness (QED) is 0.107. The number of aryl methyl sites for hydroxylation is 2. The van der Waals surface area contributed by atoms with E-state index in [1.807, 2.05) is 92.9 Å². The van der Waals surface area contributed by atoms with Crippen molar-refractivity contribution in [2.24, 2.45) is 0 Å². The molecular weight excluding hydrogens is 601 g/mol. The third kappa shape index (κ3) is 8.78. The fourth-order valence-electron chi connectivity index (χ4n) is 4.34. The largest absolute Gasteiger partial charge is 0.321 e. The van der Waals surface area contributed by atoms with Crippen molar-refractivity contribution < 1.29 is 14.4 Å². The summed E-state index contributed by atoms with van der Waals surface area (Å²) in [6.07, 6.45) is 1.65. The van der Waals surface area contributed by atoms with Gasteiger partial charge in [-0.05, 0) is 68.8 Å². The Morgan fingerprint density at radius 2 is 1.56 bits per heavy atom. The first-order valence-electron chi connectivity index (χ1n) is 14.3. The molecule has 45 heavy (non-hydrogen) atoms. The number of hydrogen-bond acceptors (Lipinski definition) is 6. The van der Waals surface area contributed by atoms with E-state index < -0.39 is 5.91 Å².